The molecule has 3 rings (SSSR count). The first-order valence-corrected chi connectivity index (χ1v) is 7.21. The number of halogens is 2. The molecule has 0 aliphatic heterocycles. The van der Waals surface area contributed by atoms with Gasteiger partial charge in [-0.25, -0.2) is 4.98 Å². The van der Waals surface area contributed by atoms with E-state index in [1.807, 2.05) is 48.7 Å². The predicted molar refractivity (Wildman–Crippen MR) is 81.6 cm³/mol. The summed E-state index contributed by atoms with van der Waals surface area (Å²) in [6.45, 7) is 4.40. The predicted octanol–water partition coefficient (Wildman–Crippen LogP) is 4.94. The van der Waals surface area contributed by atoms with Crippen molar-refractivity contribution in [3.8, 4) is 0 Å². The number of imidazole rings is 1. The topological polar surface area (TPSA) is 31.0 Å². The molecule has 5 heteroatoms. The summed E-state index contributed by atoms with van der Waals surface area (Å²) in [7, 11) is 0. The molecule has 2 heterocycles. The molecule has 20 heavy (non-hydrogen) atoms. The van der Waals surface area contributed by atoms with E-state index in [1.54, 1.807) is 0 Å². The van der Waals surface area contributed by atoms with Crippen molar-refractivity contribution in [3.05, 3.63) is 52.7 Å². The first-order chi connectivity index (χ1) is 9.56. The first-order valence-electron chi connectivity index (χ1n) is 6.40. The molecule has 3 aromatic rings. The van der Waals surface area contributed by atoms with Gasteiger partial charge in [0.2, 0.25) is 0 Å². The van der Waals surface area contributed by atoms with E-state index in [9.17, 15) is 0 Å². The van der Waals surface area contributed by atoms with E-state index in [2.05, 4.69) is 4.98 Å². The molecular formula is C15H14Cl2N2O. The normalized spacial score (nSPS) is 13.0. The van der Waals surface area contributed by atoms with Crippen LogP contribution in [0.5, 0.6) is 0 Å². The second-order valence-electron chi connectivity index (χ2n) is 4.79. The maximum absolute atomic E-state index is 6.32. The Kier molecular flexibility index (Phi) is 3.48. The number of hydrogen-bond acceptors (Lipinski definition) is 2. The van der Waals surface area contributed by atoms with Gasteiger partial charge in [-0.1, -0.05) is 17.7 Å². The summed E-state index contributed by atoms with van der Waals surface area (Å²) in [5.41, 5.74) is 1.74. The minimum atomic E-state index is -0.200. The number of fused-ring (bicyclic) bond motifs is 1. The van der Waals surface area contributed by atoms with Gasteiger partial charge in [0, 0.05) is 0 Å². The molecule has 1 unspecified atom stereocenters. The second kappa shape index (κ2) is 5.15. The fraction of sp³-hybridized carbons (Fsp3) is 0.267. The molecule has 0 saturated heterocycles. The zero-order valence-electron chi connectivity index (χ0n) is 11.2. The van der Waals surface area contributed by atoms with Crippen molar-refractivity contribution in [1.29, 1.82) is 0 Å². The van der Waals surface area contributed by atoms with E-state index in [0.717, 1.165) is 28.4 Å². The minimum absolute atomic E-state index is 0.200. The van der Waals surface area contributed by atoms with Gasteiger partial charge in [0.1, 0.15) is 17.3 Å². The van der Waals surface area contributed by atoms with Crippen molar-refractivity contribution >= 4 is 34.2 Å². The molecule has 2 aromatic heterocycles. The van der Waals surface area contributed by atoms with Gasteiger partial charge < -0.3 is 8.98 Å². The van der Waals surface area contributed by atoms with Crippen LogP contribution in [0.3, 0.4) is 0 Å². The highest BCUT2D eigenvalue weighted by Crippen LogP contribution is 2.30. The lowest BCUT2D eigenvalue weighted by Gasteiger charge is -2.09. The molecule has 0 radical (unpaired) electrons. The number of para-hydroxylation sites is 1. The maximum atomic E-state index is 6.32. The van der Waals surface area contributed by atoms with Gasteiger partial charge >= 0.3 is 0 Å². The van der Waals surface area contributed by atoms with Crippen molar-refractivity contribution in [2.75, 3.05) is 0 Å². The molecule has 0 fully saturated rings. The lowest BCUT2D eigenvalue weighted by Crippen LogP contribution is -2.05. The van der Waals surface area contributed by atoms with Crippen LogP contribution in [0.1, 0.15) is 29.6 Å². The number of benzene rings is 1. The van der Waals surface area contributed by atoms with Crippen molar-refractivity contribution in [1.82, 2.24) is 9.55 Å². The summed E-state index contributed by atoms with van der Waals surface area (Å²) in [4.78, 5) is 4.58. The molecule has 0 bridgehead atoms. The molecule has 0 amide bonds. The molecule has 0 saturated carbocycles. The summed E-state index contributed by atoms with van der Waals surface area (Å²) in [6, 6.07) is 9.59. The third kappa shape index (κ3) is 2.32. The Balaban J connectivity index is 2.18. The van der Waals surface area contributed by atoms with Crippen LogP contribution >= 0.6 is 23.2 Å². The fourth-order valence-electron chi connectivity index (χ4n) is 2.35. The van der Waals surface area contributed by atoms with Gasteiger partial charge in [0.25, 0.3) is 0 Å². The van der Waals surface area contributed by atoms with E-state index in [-0.39, 0.29) is 5.38 Å². The number of rotatable bonds is 3. The summed E-state index contributed by atoms with van der Waals surface area (Å²) in [5, 5.41) is 0.469. The SMILES string of the molecule is Cc1ccc(Cn2c(C(C)Cl)nc3cccc(Cl)c32)o1. The van der Waals surface area contributed by atoms with Crippen molar-refractivity contribution < 1.29 is 4.42 Å². The van der Waals surface area contributed by atoms with Crippen LogP contribution in [0.4, 0.5) is 0 Å². The Morgan fingerprint density at radius 3 is 2.75 bits per heavy atom. The Morgan fingerprint density at radius 2 is 2.10 bits per heavy atom. The Morgan fingerprint density at radius 1 is 1.30 bits per heavy atom. The largest absolute Gasteiger partial charge is 0.464 e. The third-order valence-corrected chi connectivity index (χ3v) is 3.71. The van der Waals surface area contributed by atoms with E-state index < -0.39 is 0 Å². The lowest BCUT2D eigenvalue weighted by atomic mass is 10.3. The highest BCUT2D eigenvalue weighted by Gasteiger charge is 2.17. The fourth-order valence-corrected chi connectivity index (χ4v) is 2.79. The highest BCUT2D eigenvalue weighted by atomic mass is 35.5. The van der Waals surface area contributed by atoms with Gasteiger partial charge in [-0.15, -0.1) is 11.6 Å². The van der Waals surface area contributed by atoms with Gasteiger partial charge in [0.15, 0.2) is 0 Å². The van der Waals surface area contributed by atoms with Crippen LogP contribution in [0, 0.1) is 6.92 Å². The third-order valence-electron chi connectivity index (χ3n) is 3.21. The van der Waals surface area contributed by atoms with Crippen LogP contribution in [0.2, 0.25) is 5.02 Å². The average Bonchev–Trinajstić information content (AvgIpc) is 2.95. The molecule has 3 nitrogen and oxygen atoms in total. The van der Waals surface area contributed by atoms with Crippen molar-refractivity contribution in [2.24, 2.45) is 0 Å². The zero-order valence-corrected chi connectivity index (χ0v) is 12.7. The van der Waals surface area contributed by atoms with Crippen molar-refractivity contribution in [2.45, 2.75) is 25.8 Å². The molecule has 0 aliphatic rings. The Labute approximate surface area is 127 Å². The summed E-state index contributed by atoms with van der Waals surface area (Å²) in [6.07, 6.45) is 0. The molecule has 0 N–H and O–H groups in total. The van der Waals surface area contributed by atoms with Gasteiger partial charge in [-0.05, 0) is 38.1 Å². The van der Waals surface area contributed by atoms with Crippen molar-refractivity contribution in [3.63, 3.8) is 0 Å². The van der Waals surface area contributed by atoms with Crippen LogP contribution in [-0.4, -0.2) is 9.55 Å². The highest BCUT2D eigenvalue weighted by molar-refractivity contribution is 6.35. The Hall–Kier alpha value is -1.45. The number of furan rings is 1. The minimum Gasteiger partial charge on any atom is -0.464 e. The lowest BCUT2D eigenvalue weighted by molar-refractivity contribution is 0.469. The summed E-state index contributed by atoms with van der Waals surface area (Å²) in [5.74, 6) is 2.54. The number of aromatic nitrogens is 2. The Bertz CT molecular complexity index is 758. The summed E-state index contributed by atoms with van der Waals surface area (Å²) >= 11 is 12.6. The molecular weight excluding hydrogens is 295 g/mol. The monoisotopic (exact) mass is 308 g/mol. The number of aryl methyl sites for hydroxylation is 1. The quantitative estimate of drug-likeness (QED) is 0.642. The van der Waals surface area contributed by atoms with E-state index in [4.69, 9.17) is 27.6 Å². The molecule has 1 atom stereocenters. The average molecular weight is 309 g/mol. The number of hydrogen-bond donors (Lipinski definition) is 0. The van der Waals surface area contributed by atoms with E-state index >= 15 is 0 Å². The van der Waals surface area contributed by atoms with Gasteiger partial charge in [0.05, 0.1) is 28.0 Å². The molecule has 0 aliphatic carbocycles. The second-order valence-corrected chi connectivity index (χ2v) is 5.85. The molecule has 104 valence electrons. The zero-order chi connectivity index (χ0) is 14.3. The van der Waals surface area contributed by atoms with Crippen LogP contribution in [0.25, 0.3) is 11.0 Å². The maximum Gasteiger partial charge on any atom is 0.128 e. The molecule has 1 aromatic carbocycles. The van der Waals surface area contributed by atoms with E-state index in [0.29, 0.717) is 11.6 Å². The van der Waals surface area contributed by atoms with Gasteiger partial charge in [-0.3, -0.25) is 0 Å². The smallest absolute Gasteiger partial charge is 0.128 e. The first kappa shape index (κ1) is 13.5. The number of alkyl halides is 1. The number of nitrogens with zero attached hydrogens (tertiary/aromatic N) is 2. The van der Waals surface area contributed by atoms with Crippen LogP contribution in [-0.2, 0) is 6.54 Å². The molecule has 0 spiro atoms. The van der Waals surface area contributed by atoms with Gasteiger partial charge in [-0.2, -0.15) is 0 Å². The van der Waals surface area contributed by atoms with Crippen LogP contribution in [0.15, 0.2) is 34.7 Å². The summed E-state index contributed by atoms with van der Waals surface area (Å²) < 4.78 is 7.67. The standard InChI is InChI=1S/C15H14Cl2N2O/c1-9-6-7-11(20-9)8-19-14-12(17)4-3-5-13(14)18-15(19)10(2)16/h3-7,10H,8H2,1-2H3. The van der Waals surface area contributed by atoms with E-state index in [1.165, 1.54) is 0 Å². The van der Waals surface area contributed by atoms with Crippen LogP contribution < -0.4 is 0 Å².